The second-order valence-electron chi connectivity index (χ2n) is 4.74. The lowest BCUT2D eigenvalue weighted by Gasteiger charge is -2.21. The molecular formula is C15H24N2O. The molecule has 2 amide bonds. The average Bonchev–Trinajstić information content (AvgIpc) is 2.39. The van der Waals surface area contributed by atoms with Crippen LogP contribution in [0.4, 0.5) is 10.5 Å². The number of carbonyl (C=O) groups excluding carboxylic acids is 1. The molecule has 1 aromatic carbocycles. The van der Waals surface area contributed by atoms with Crippen LogP contribution in [0.25, 0.3) is 0 Å². The largest absolute Gasteiger partial charge is 0.335 e. The van der Waals surface area contributed by atoms with E-state index in [1.807, 2.05) is 30.3 Å². The van der Waals surface area contributed by atoms with Crippen molar-refractivity contribution in [1.29, 1.82) is 0 Å². The molecule has 1 rings (SSSR count). The zero-order valence-electron chi connectivity index (χ0n) is 11.6. The van der Waals surface area contributed by atoms with Crippen LogP contribution < -0.4 is 10.2 Å². The van der Waals surface area contributed by atoms with E-state index in [9.17, 15) is 4.79 Å². The second kappa shape index (κ2) is 7.75. The lowest BCUT2D eigenvalue weighted by molar-refractivity contribution is 0.243. The van der Waals surface area contributed by atoms with Gasteiger partial charge in [0.25, 0.3) is 0 Å². The molecule has 1 N–H and O–H groups in total. The molecule has 0 unspecified atom stereocenters. The third-order valence-electron chi connectivity index (χ3n) is 3.06. The Labute approximate surface area is 110 Å². The van der Waals surface area contributed by atoms with Crippen LogP contribution in [0.3, 0.4) is 0 Å². The number of para-hydroxylation sites is 1. The highest BCUT2D eigenvalue weighted by Crippen LogP contribution is 2.11. The lowest BCUT2D eigenvalue weighted by atomic mass is 10.1. The van der Waals surface area contributed by atoms with Gasteiger partial charge in [-0.3, -0.25) is 4.90 Å². The van der Waals surface area contributed by atoms with Crippen molar-refractivity contribution < 1.29 is 4.79 Å². The van der Waals surface area contributed by atoms with E-state index in [1.165, 1.54) is 19.3 Å². The molecule has 0 aliphatic rings. The van der Waals surface area contributed by atoms with Crippen LogP contribution in [-0.2, 0) is 0 Å². The molecule has 0 heterocycles. The van der Waals surface area contributed by atoms with Crippen LogP contribution in [0, 0.1) is 0 Å². The predicted octanol–water partition coefficient (Wildman–Crippen LogP) is 3.80. The summed E-state index contributed by atoms with van der Waals surface area (Å²) in [5.74, 6) is 0. The van der Waals surface area contributed by atoms with Crippen LogP contribution in [0.1, 0.15) is 39.5 Å². The minimum atomic E-state index is -0.0369. The smallest absolute Gasteiger partial charge is 0.321 e. The minimum absolute atomic E-state index is 0.0369. The van der Waals surface area contributed by atoms with Crippen LogP contribution >= 0.6 is 0 Å². The maximum atomic E-state index is 12.0. The maximum Gasteiger partial charge on any atom is 0.321 e. The Bertz CT molecular complexity index is 351. The number of hydrogen-bond donors (Lipinski definition) is 1. The zero-order valence-corrected chi connectivity index (χ0v) is 11.6. The highest BCUT2D eigenvalue weighted by atomic mass is 16.2. The Morgan fingerprint density at radius 2 is 1.94 bits per heavy atom. The molecule has 0 aromatic heterocycles. The molecule has 3 heteroatoms. The van der Waals surface area contributed by atoms with Crippen molar-refractivity contribution in [1.82, 2.24) is 5.32 Å². The molecule has 0 aliphatic carbocycles. The first-order valence-corrected chi connectivity index (χ1v) is 6.74. The first-order chi connectivity index (χ1) is 8.65. The van der Waals surface area contributed by atoms with Gasteiger partial charge >= 0.3 is 6.03 Å². The standard InChI is InChI=1S/C15H24N2O/c1-4-5-7-10-13(2)16-15(18)17(3)14-11-8-6-9-12-14/h6,8-9,11-13H,4-5,7,10H2,1-3H3,(H,16,18)/t13-/m1/s1. The quantitative estimate of drug-likeness (QED) is 0.763. The van der Waals surface area contributed by atoms with E-state index in [2.05, 4.69) is 19.2 Å². The molecule has 0 fully saturated rings. The molecule has 0 aliphatic heterocycles. The predicted molar refractivity (Wildman–Crippen MR) is 77.0 cm³/mol. The molecular weight excluding hydrogens is 224 g/mol. The first kappa shape index (κ1) is 14.6. The molecule has 100 valence electrons. The highest BCUT2D eigenvalue weighted by molar-refractivity contribution is 5.91. The van der Waals surface area contributed by atoms with Crippen molar-refractivity contribution in [2.75, 3.05) is 11.9 Å². The molecule has 0 radical (unpaired) electrons. The molecule has 0 spiro atoms. The Morgan fingerprint density at radius 3 is 2.56 bits per heavy atom. The number of hydrogen-bond acceptors (Lipinski definition) is 1. The summed E-state index contributed by atoms with van der Waals surface area (Å²) in [7, 11) is 1.80. The Morgan fingerprint density at radius 1 is 1.28 bits per heavy atom. The summed E-state index contributed by atoms with van der Waals surface area (Å²) >= 11 is 0. The van der Waals surface area contributed by atoms with Gasteiger partial charge in [0, 0.05) is 18.8 Å². The van der Waals surface area contributed by atoms with Gasteiger partial charge in [-0.25, -0.2) is 4.79 Å². The van der Waals surface area contributed by atoms with Gasteiger partial charge in [0.15, 0.2) is 0 Å². The van der Waals surface area contributed by atoms with Crippen molar-refractivity contribution in [3.63, 3.8) is 0 Å². The molecule has 1 aromatic rings. The number of unbranched alkanes of at least 4 members (excludes halogenated alkanes) is 2. The van der Waals surface area contributed by atoms with Gasteiger partial charge in [-0.1, -0.05) is 44.4 Å². The van der Waals surface area contributed by atoms with E-state index in [0.29, 0.717) is 0 Å². The highest BCUT2D eigenvalue weighted by Gasteiger charge is 2.12. The molecule has 0 saturated carbocycles. The van der Waals surface area contributed by atoms with E-state index < -0.39 is 0 Å². The van der Waals surface area contributed by atoms with Crippen molar-refractivity contribution in [3.05, 3.63) is 30.3 Å². The fraction of sp³-hybridized carbons (Fsp3) is 0.533. The molecule has 3 nitrogen and oxygen atoms in total. The van der Waals surface area contributed by atoms with Crippen molar-refractivity contribution >= 4 is 11.7 Å². The van der Waals surface area contributed by atoms with Crippen LogP contribution in [0.5, 0.6) is 0 Å². The van der Waals surface area contributed by atoms with E-state index in [0.717, 1.165) is 12.1 Å². The number of rotatable bonds is 6. The van der Waals surface area contributed by atoms with Crippen molar-refractivity contribution in [2.24, 2.45) is 0 Å². The molecule has 0 bridgehead atoms. The van der Waals surface area contributed by atoms with Gasteiger partial charge in [0.1, 0.15) is 0 Å². The number of anilines is 1. The van der Waals surface area contributed by atoms with Crippen LogP contribution in [-0.4, -0.2) is 19.1 Å². The summed E-state index contributed by atoms with van der Waals surface area (Å²) < 4.78 is 0. The van der Waals surface area contributed by atoms with Gasteiger partial charge in [-0.05, 0) is 25.5 Å². The van der Waals surface area contributed by atoms with Gasteiger partial charge in [-0.2, -0.15) is 0 Å². The van der Waals surface area contributed by atoms with E-state index in [1.54, 1.807) is 11.9 Å². The van der Waals surface area contributed by atoms with E-state index in [-0.39, 0.29) is 12.1 Å². The van der Waals surface area contributed by atoms with E-state index in [4.69, 9.17) is 0 Å². The first-order valence-electron chi connectivity index (χ1n) is 6.74. The van der Waals surface area contributed by atoms with Gasteiger partial charge in [-0.15, -0.1) is 0 Å². The monoisotopic (exact) mass is 248 g/mol. The second-order valence-corrected chi connectivity index (χ2v) is 4.74. The lowest BCUT2D eigenvalue weighted by Crippen LogP contribution is -2.42. The number of benzene rings is 1. The van der Waals surface area contributed by atoms with Gasteiger partial charge in [0.2, 0.25) is 0 Å². The Hall–Kier alpha value is -1.51. The fourth-order valence-corrected chi connectivity index (χ4v) is 1.85. The number of amides is 2. The number of urea groups is 1. The van der Waals surface area contributed by atoms with Crippen molar-refractivity contribution in [3.8, 4) is 0 Å². The third kappa shape index (κ3) is 4.78. The number of nitrogens with one attached hydrogen (secondary N) is 1. The zero-order chi connectivity index (χ0) is 13.4. The third-order valence-corrected chi connectivity index (χ3v) is 3.06. The summed E-state index contributed by atoms with van der Waals surface area (Å²) in [6.45, 7) is 4.25. The number of nitrogens with zero attached hydrogens (tertiary/aromatic N) is 1. The molecule has 18 heavy (non-hydrogen) atoms. The number of carbonyl (C=O) groups is 1. The minimum Gasteiger partial charge on any atom is -0.335 e. The summed E-state index contributed by atoms with van der Waals surface area (Å²) in [5, 5.41) is 3.02. The maximum absolute atomic E-state index is 12.0. The van der Waals surface area contributed by atoms with Gasteiger partial charge in [0.05, 0.1) is 0 Å². The average molecular weight is 248 g/mol. The van der Waals surface area contributed by atoms with Gasteiger partial charge < -0.3 is 5.32 Å². The summed E-state index contributed by atoms with van der Waals surface area (Å²) in [4.78, 5) is 13.7. The Kier molecular flexibility index (Phi) is 6.26. The Balaban J connectivity index is 2.40. The SMILES string of the molecule is CCCCC[C@@H](C)NC(=O)N(C)c1ccccc1. The summed E-state index contributed by atoms with van der Waals surface area (Å²) in [6.07, 6.45) is 4.66. The van der Waals surface area contributed by atoms with Crippen LogP contribution in [0.2, 0.25) is 0 Å². The van der Waals surface area contributed by atoms with Crippen molar-refractivity contribution in [2.45, 2.75) is 45.6 Å². The molecule has 1 atom stereocenters. The van der Waals surface area contributed by atoms with Crippen LogP contribution in [0.15, 0.2) is 30.3 Å². The summed E-state index contributed by atoms with van der Waals surface area (Å²) in [5.41, 5.74) is 0.913. The molecule has 0 saturated heterocycles. The summed E-state index contributed by atoms with van der Waals surface area (Å²) in [6, 6.07) is 9.87. The topological polar surface area (TPSA) is 32.3 Å². The van der Waals surface area contributed by atoms with E-state index >= 15 is 0 Å². The normalized spacial score (nSPS) is 11.9. The fourth-order valence-electron chi connectivity index (χ4n) is 1.85.